The standard InChI is InChI=1S/C73H101N17O26/c1-4-36(2)14-7-5-6-8-20-55(94)81-46(24-38-30-76-42-17-11-9-15-40(38)42)66(108)84-47(26-54(75)93)67(109)87-50(29-61(103)104)69(111)90-62-37(3)116-73(115)51(25-39-31-77-43-18-12-10-16-41(39)43)88-65(107)45(21-22-58(97)98)83-70(112)52(34-91)82-57(96)32-78-63(105)48(27-59(99)100)85-71(113)53(35-92)89-68(110)49(28-60(101)102)86-64(106)44(19-13-23-74)80-56(95)33-79-72(62)114/h9-12,15-18,30-31,36-37,44-53,62,76-77,91-92H,4-8,13-14,19-29,32-35,74H2,1-3H3,(H2,75,93)(H,78,105)(H,79,114)(H,80,95)(H,81,94)(H,82,96)(H,83,112)(H,84,108)(H,85,113)(H,86,106)(H,87,109)(H,88,107)(H,89,110)(H,90,111)(H,97,98)(H,99,100)(H,101,102)(H,103,104). The number of rotatable bonds is 35. The second kappa shape index (κ2) is 47.1. The molecule has 634 valence electrons. The minimum absolute atomic E-state index is 0.0124. The minimum Gasteiger partial charge on any atom is -0.481 e. The highest BCUT2D eigenvalue weighted by atomic mass is 16.5. The molecule has 2 aromatic heterocycles. The predicted octanol–water partition coefficient (Wildman–Crippen LogP) is -5.78. The summed E-state index contributed by atoms with van der Waals surface area (Å²) in [5.41, 5.74) is 13.2. The molecule has 5 rings (SSSR count). The molecule has 14 amide bonds. The number of fused-ring (bicyclic) bond motifs is 2. The summed E-state index contributed by atoms with van der Waals surface area (Å²) in [6, 6.07) is -9.18. The molecule has 0 spiro atoms. The Morgan fingerprint density at radius 3 is 1.53 bits per heavy atom. The fourth-order valence-electron chi connectivity index (χ4n) is 12.1. The Morgan fingerprint density at radius 2 is 0.983 bits per heavy atom. The highest BCUT2D eigenvalue weighted by molar-refractivity contribution is 6.02. The van der Waals surface area contributed by atoms with Gasteiger partial charge in [0, 0.05) is 59.9 Å². The van der Waals surface area contributed by atoms with Crippen molar-refractivity contribution in [3.05, 3.63) is 72.1 Å². The second-order valence-electron chi connectivity index (χ2n) is 27.6. The number of carboxylic acids is 4. The fraction of sp³-hybridized carbons (Fsp3) is 0.521. The van der Waals surface area contributed by atoms with Crippen molar-refractivity contribution in [2.75, 3.05) is 32.8 Å². The van der Waals surface area contributed by atoms with E-state index in [-0.39, 0.29) is 31.4 Å². The van der Waals surface area contributed by atoms with Crippen LogP contribution < -0.4 is 80.6 Å². The van der Waals surface area contributed by atoms with E-state index in [0.717, 1.165) is 32.6 Å². The summed E-state index contributed by atoms with van der Waals surface area (Å²) >= 11 is 0. The highest BCUT2D eigenvalue weighted by Crippen LogP contribution is 2.23. The van der Waals surface area contributed by atoms with Crippen LogP contribution in [0, 0.1) is 5.92 Å². The van der Waals surface area contributed by atoms with Crippen molar-refractivity contribution in [1.82, 2.24) is 79.1 Å². The van der Waals surface area contributed by atoms with E-state index in [0.29, 0.717) is 46.1 Å². The highest BCUT2D eigenvalue weighted by Gasteiger charge is 2.40. The number of ether oxygens (including phenoxy) is 1. The van der Waals surface area contributed by atoms with Gasteiger partial charge in [0.05, 0.1) is 52.0 Å². The third-order valence-corrected chi connectivity index (χ3v) is 18.5. The normalized spacial score (nSPS) is 21.2. The third-order valence-electron chi connectivity index (χ3n) is 18.5. The first-order valence-corrected chi connectivity index (χ1v) is 37.3. The van der Waals surface area contributed by atoms with Crippen molar-refractivity contribution in [2.45, 2.75) is 202 Å². The summed E-state index contributed by atoms with van der Waals surface area (Å²) in [5, 5.41) is 89.4. The largest absolute Gasteiger partial charge is 0.481 e. The molecule has 4 aromatic rings. The first-order valence-electron chi connectivity index (χ1n) is 37.3. The number of aliphatic hydroxyl groups is 2. The van der Waals surface area contributed by atoms with Gasteiger partial charge in [0.1, 0.15) is 72.6 Å². The van der Waals surface area contributed by atoms with Crippen molar-refractivity contribution in [2.24, 2.45) is 17.4 Å². The zero-order chi connectivity index (χ0) is 85.9. The van der Waals surface area contributed by atoms with Gasteiger partial charge in [-0.25, -0.2) is 4.79 Å². The van der Waals surface area contributed by atoms with Crippen LogP contribution >= 0.6 is 0 Å². The number of unbranched alkanes of at least 4 members (excludes halogenated alkanes) is 3. The number of nitrogens with two attached hydrogens (primary N) is 2. The molecule has 13 unspecified atom stereocenters. The van der Waals surface area contributed by atoms with Crippen molar-refractivity contribution in [3.8, 4) is 0 Å². The number of nitrogens with one attached hydrogen (secondary N) is 15. The summed E-state index contributed by atoms with van der Waals surface area (Å²) in [6.45, 7) is -0.0272. The van der Waals surface area contributed by atoms with Gasteiger partial charge < -0.3 is 126 Å². The zero-order valence-corrected chi connectivity index (χ0v) is 63.8. The SMILES string of the molecule is CCC(C)CCCCCCC(=O)NC(Cc1c[nH]c2ccccc12)C(=O)NC(CC(N)=O)C(=O)NC(CC(=O)O)C(=O)NC1C(=O)NCC(=O)NC(CCCN)C(=O)NC(CC(=O)O)C(=O)NC(CO)C(=O)NC(CC(=O)O)C(=O)NCC(=O)NC(CO)C(=O)NC(CCC(=O)O)C(=O)NC(Cc2c[nH]c3ccccc23)C(=O)OC1C. The lowest BCUT2D eigenvalue weighted by molar-refractivity contribution is -0.156. The first-order chi connectivity index (χ1) is 55.0. The maximum absolute atomic E-state index is 15.0. The molecule has 0 aliphatic carbocycles. The topological polar surface area (TPSA) is 695 Å². The van der Waals surface area contributed by atoms with Crippen LogP contribution in [0.15, 0.2) is 60.9 Å². The number of amides is 14. The van der Waals surface area contributed by atoms with E-state index < -0.39 is 263 Å². The van der Waals surface area contributed by atoms with Crippen molar-refractivity contribution in [3.63, 3.8) is 0 Å². The lowest BCUT2D eigenvalue weighted by atomic mass is 10.00. The van der Waals surface area contributed by atoms with Crippen molar-refractivity contribution in [1.29, 1.82) is 0 Å². The van der Waals surface area contributed by atoms with Gasteiger partial charge in [-0.05, 0) is 68.3 Å². The van der Waals surface area contributed by atoms with Crippen molar-refractivity contribution < 1.29 is 126 Å². The van der Waals surface area contributed by atoms with E-state index in [9.17, 15) is 122 Å². The number of cyclic esters (lactones) is 1. The van der Waals surface area contributed by atoms with Crippen LogP contribution in [-0.4, -0.2) is 259 Å². The Kier molecular flexibility index (Phi) is 38.2. The average molecular weight is 1630 g/mol. The number of aromatic nitrogens is 2. The van der Waals surface area contributed by atoms with E-state index in [1.165, 1.54) is 6.20 Å². The van der Waals surface area contributed by atoms with Gasteiger partial charge in [0.15, 0.2) is 0 Å². The summed E-state index contributed by atoms with van der Waals surface area (Å²) in [4.78, 5) is 265. The number of aliphatic hydroxyl groups excluding tert-OH is 2. The molecule has 1 aliphatic rings. The van der Waals surface area contributed by atoms with Gasteiger partial charge in [0.25, 0.3) is 0 Å². The van der Waals surface area contributed by atoms with Gasteiger partial charge in [-0.15, -0.1) is 0 Å². The molecular formula is C73H101N17O26. The van der Waals surface area contributed by atoms with Gasteiger partial charge >= 0.3 is 29.8 Å². The zero-order valence-electron chi connectivity index (χ0n) is 63.8. The van der Waals surface area contributed by atoms with E-state index in [1.54, 1.807) is 54.7 Å². The average Bonchev–Trinajstić information content (AvgIpc) is 1.66. The monoisotopic (exact) mass is 1630 g/mol. The number of hydrogen-bond donors (Lipinski definition) is 23. The lowest BCUT2D eigenvalue weighted by Crippen LogP contribution is -2.61. The Labute approximate surface area is 662 Å². The Bertz CT molecular complexity index is 4210. The number of hydrogen-bond acceptors (Lipinski definition) is 23. The summed E-state index contributed by atoms with van der Waals surface area (Å²) in [7, 11) is 0. The summed E-state index contributed by atoms with van der Waals surface area (Å²) in [5.74, 6) is -26.4. The quantitative estimate of drug-likeness (QED) is 0.0151. The maximum atomic E-state index is 15.0. The van der Waals surface area contributed by atoms with Crippen LogP contribution in [0.3, 0.4) is 0 Å². The molecule has 1 saturated heterocycles. The molecule has 1 aliphatic heterocycles. The van der Waals surface area contributed by atoms with Crippen LogP contribution in [-0.2, 0) is 109 Å². The van der Waals surface area contributed by atoms with Gasteiger partial charge in [-0.1, -0.05) is 82.3 Å². The van der Waals surface area contributed by atoms with Crippen LogP contribution in [0.4, 0.5) is 0 Å². The van der Waals surface area contributed by atoms with Gasteiger partial charge in [-0.3, -0.25) is 86.3 Å². The number of carbonyl (C=O) groups excluding carboxylic acids is 15. The number of H-pyrrole nitrogens is 2. The number of carboxylic acid groups (broad SMARTS) is 4. The minimum atomic E-state index is -2.37. The number of benzene rings is 2. The summed E-state index contributed by atoms with van der Waals surface area (Å²) in [6.07, 6.45) is -2.08. The molecule has 116 heavy (non-hydrogen) atoms. The van der Waals surface area contributed by atoms with E-state index in [2.05, 4.69) is 71.7 Å². The number of primary amides is 1. The van der Waals surface area contributed by atoms with Crippen LogP contribution in [0.2, 0.25) is 0 Å². The van der Waals surface area contributed by atoms with Crippen LogP contribution in [0.5, 0.6) is 0 Å². The second-order valence-corrected chi connectivity index (χ2v) is 27.6. The molecule has 0 saturated carbocycles. The Balaban J connectivity index is 1.59. The lowest BCUT2D eigenvalue weighted by Gasteiger charge is -2.29. The molecule has 43 heteroatoms. The smallest absolute Gasteiger partial charge is 0.329 e. The molecule has 13 atom stereocenters. The van der Waals surface area contributed by atoms with Gasteiger partial charge in [0.2, 0.25) is 82.7 Å². The molecule has 2 aromatic carbocycles. The Morgan fingerprint density at radius 1 is 0.509 bits per heavy atom. The molecule has 1 fully saturated rings. The third kappa shape index (κ3) is 31.0. The molecule has 0 bridgehead atoms. The van der Waals surface area contributed by atoms with Crippen molar-refractivity contribution >= 4 is 134 Å². The number of carbonyl (C=O) groups is 19. The van der Waals surface area contributed by atoms with Gasteiger partial charge in [-0.2, -0.15) is 0 Å². The fourth-order valence-corrected chi connectivity index (χ4v) is 12.1. The molecular weight excluding hydrogens is 1530 g/mol. The number of aromatic amines is 2. The Hall–Kier alpha value is -12.7. The molecule has 25 N–H and O–H groups in total. The van der Waals surface area contributed by atoms with E-state index in [4.69, 9.17) is 16.2 Å². The van der Waals surface area contributed by atoms with E-state index >= 15 is 0 Å². The maximum Gasteiger partial charge on any atom is 0.329 e. The number of esters is 1. The molecule has 43 nitrogen and oxygen atoms in total. The van der Waals surface area contributed by atoms with Crippen LogP contribution in [0.1, 0.15) is 128 Å². The first kappa shape index (κ1) is 93.9. The number of aliphatic carboxylic acids is 4. The molecule has 0 radical (unpaired) electrons. The van der Waals surface area contributed by atoms with Crippen LogP contribution in [0.25, 0.3) is 21.8 Å². The summed E-state index contributed by atoms with van der Waals surface area (Å²) < 4.78 is 5.82. The predicted molar refractivity (Wildman–Crippen MR) is 404 cm³/mol. The number of para-hydroxylation sites is 2. The van der Waals surface area contributed by atoms with E-state index in [1.807, 2.05) is 21.3 Å². The molecule has 3 heterocycles.